The maximum absolute atomic E-state index is 15.5. The molecule has 4 nitrogen and oxygen atoms in total. The smallest absolute Gasteiger partial charge is 0.127 e. The lowest BCUT2D eigenvalue weighted by molar-refractivity contribution is 0.0344. The highest BCUT2D eigenvalue weighted by Gasteiger charge is 2.35. The van der Waals surface area contributed by atoms with Gasteiger partial charge >= 0.3 is 0 Å². The molecule has 0 amide bonds. The van der Waals surface area contributed by atoms with E-state index in [9.17, 15) is 5.11 Å². The molecule has 0 aliphatic carbocycles. The molecule has 0 radical (unpaired) electrons. The maximum Gasteiger partial charge on any atom is 0.127 e. The van der Waals surface area contributed by atoms with Crippen molar-refractivity contribution < 1.29 is 14.2 Å². The van der Waals surface area contributed by atoms with Gasteiger partial charge in [0.25, 0.3) is 0 Å². The number of halogens is 2. The number of ether oxygens (including phenoxy) is 1. The lowest BCUT2D eigenvalue weighted by Gasteiger charge is -2.40. The van der Waals surface area contributed by atoms with Gasteiger partial charge in [-0.25, -0.2) is 4.39 Å². The number of nitrogens with zero attached hydrogens (tertiary/aromatic N) is 2. The van der Waals surface area contributed by atoms with Crippen LogP contribution < -0.4 is 4.74 Å². The summed E-state index contributed by atoms with van der Waals surface area (Å²) < 4.78 is 20.8. The Morgan fingerprint density at radius 2 is 2.15 bits per heavy atom. The number of pyridine rings is 1. The average molecular weight is 487 g/mol. The number of benzene rings is 1. The topological polar surface area (TPSA) is 45.6 Å². The summed E-state index contributed by atoms with van der Waals surface area (Å²) in [4.78, 5) is 6.62. The second-order valence-electron chi connectivity index (χ2n) is 8.66. The van der Waals surface area contributed by atoms with E-state index in [1.165, 1.54) is 6.20 Å². The van der Waals surface area contributed by atoms with Crippen LogP contribution in [0.1, 0.15) is 43.0 Å². The minimum absolute atomic E-state index is 0.0623. The summed E-state index contributed by atoms with van der Waals surface area (Å²) in [5.41, 5.74) is 1.92. The highest BCUT2D eigenvalue weighted by Crippen LogP contribution is 2.41. The number of alkyl halides is 1. The summed E-state index contributed by atoms with van der Waals surface area (Å²) in [6.07, 6.45) is 2.82. The average Bonchev–Trinajstić information content (AvgIpc) is 3.36. The van der Waals surface area contributed by atoms with Crippen LogP contribution in [0.5, 0.6) is 5.75 Å². The maximum atomic E-state index is 15.5. The van der Waals surface area contributed by atoms with Gasteiger partial charge in [0.15, 0.2) is 0 Å². The number of fused-ring (bicyclic) bond motifs is 1. The van der Waals surface area contributed by atoms with E-state index in [0.717, 1.165) is 31.5 Å². The molecular weight excluding hydrogens is 459 g/mol. The molecule has 1 aliphatic heterocycles. The van der Waals surface area contributed by atoms with Crippen LogP contribution in [0, 0.1) is 17.3 Å². The number of hydrogen-bond acceptors (Lipinski definition) is 5. The van der Waals surface area contributed by atoms with Gasteiger partial charge in [0.2, 0.25) is 0 Å². The largest absolute Gasteiger partial charge is 0.497 e. The van der Waals surface area contributed by atoms with Gasteiger partial charge in [-0.15, -0.1) is 0 Å². The van der Waals surface area contributed by atoms with Crippen LogP contribution in [0.15, 0.2) is 41.2 Å². The van der Waals surface area contributed by atoms with Crippen LogP contribution in [0.3, 0.4) is 0 Å². The summed E-state index contributed by atoms with van der Waals surface area (Å²) in [5.74, 6) is 7.06. The Bertz CT molecular complexity index is 1130. The van der Waals surface area contributed by atoms with E-state index in [4.69, 9.17) is 16.3 Å². The van der Waals surface area contributed by atoms with E-state index in [0.29, 0.717) is 46.6 Å². The number of thiophene rings is 1. The Balaban J connectivity index is 1.39. The Labute approximate surface area is 203 Å². The van der Waals surface area contributed by atoms with Crippen LogP contribution in [-0.4, -0.2) is 48.3 Å². The highest BCUT2D eigenvalue weighted by molar-refractivity contribution is 7.08. The van der Waals surface area contributed by atoms with Gasteiger partial charge in [-0.3, -0.25) is 9.88 Å². The molecule has 1 aromatic carbocycles. The summed E-state index contributed by atoms with van der Waals surface area (Å²) in [5, 5.41) is 15.2. The minimum Gasteiger partial charge on any atom is -0.497 e. The fraction of sp³-hybridized carbons (Fsp3) is 0.423. The van der Waals surface area contributed by atoms with E-state index >= 15 is 4.39 Å². The summed E-state index contributed by atoms with van der Waals surface area (Å²) in [6, 6.07) is 7.42. The lowest BCUT2D eigenvalue weighted by atomic mass is 9.74. The first-order chi connectivity index (χ1) is 16.0. The first-order valence-corrected chi connectivity index (χ1v) is 12.5. The van der Waals surface area contributed by atoms with Crippen molar-refractivity contribution in [3.63, 3.8) is 0 Å². The molecule has 1 N–H and O–H groups in total. The molecule has 0 saturated carbocycles. The van der Waals surface area contributed by atoms with Gasteiger partial charge < -0.3 is 9.84 Å². The molecule has 174 valence electrons. The van der Waals surface area contributed by atoms with E-state index < -0.39 is 6.17 Å². The monoisotopic (exact) mass is 486 g/mol. The molecule has 0 spiro atoms. The molecule has 7 heteroatoms. The normalized spacial score (nSPS) is 16.8. The van der Waals surface area contributed by atoms with E-state index in [2.05, 4.69) is 21.7 Å². The number of aromatic nitrogens is 1. The molecule has 1 fully saturated rings. The molecule has 4 rings (SSSR count). The number of aliphatic hydroxyl groups excluding tert-OH is 1. The molecule has 33 heavy (non-hydrogen) atoms. The fourth-order valence-electron chi connectivity index (χ4n) is 4.45. The second-order valence-corrected chi connectivity index (χ2v) is 9.84. The van der Waals surface area contributed by atoms with Crippen molar-refractivity contribution in [2.75, 3.05) is 33.4 Å². The Hall–Kier alpha value is -2.17. The lowest BCUT2D eigenvalue weighted by Crippen LogP contribution is -2.42. The summed E-state index contributed by atoms with van der Waals surface area (Å²) in [6.45, 7) is 2.48. The molecule has 3 aromatic rings. The molecule has 1 aliphatic rings. The third-order valence-electron chi connectivity index (χ3n) is 6.62. The molecule has 2 aromatic heterocycles. The third-order valence-corrected chi connectivity index (χ3v) is 7.60. The van der Waals surface area contributed by atoms with Gasteiger partial charge in [-0.1, -0.05) is 23.4 Å². The van der Waals surface area contributed by atoms with Crippen molar-refractivity contribution >= 4 is 33.8 Å². The standard InChI is InChI=1S/C26H28ClFN2O2S/c1-32-20-4-5-24-21(15-20)25(22(27)16-29-24)23(28)6-8-26(18-31)9-12-30(13-10-26)11-2-3-19-7-14-33-17-19/h4-5,7,14-17,23,31H,6,8-13,18H2,1H3. The quantitative estimate of drug-likeness (QED) is 0.424. The SMILES string of the molecule is COc1ccc2ncc(Cl)c(C(F)CCC3(CO)CCN(CC#Cc4ccsc4)CC3)c2c1. The fourth-order valence-corrected chi connectivity index (χ4v) is 5.31. The molecule has 3 heterocycles. The Morgan fingerprint density at radius 3 is 2.85 bits per heavy atom. The molecule has 1 atom stereocenters. The number of rotatable bonds is 7. The number of aliphatic hydroxyl groups is 1. The van der Waals surface area contributed by atoms with Gasteiger partial charge in [0.05, 0.1) is 24.2 Å². The molecule has 1 unspecified atom stereocenters. The third kappa shape index (κ3) is 5.67. The summed E-state index contributed by atoms with van der Waals surface area (Å²) in [7, 11) is 1.58. The first kappa shape index (κ1) is 24.0. The Kier molecular flexibility index (Phi) is 7.87. The second kappa shape index (κ2) is 10.8. The van der Waals surface area contributed by atoms with Crippen molar-refractivity contribution in [1.29, 1.82) is 0 Å². The van der Waals surface area contributed by atoms with Crippen LogP contribution in [0.2, 0.25) is 5.02 Å². The molecule has 0 bridgehead atoms. The number of piperidine rings is 1. The van der Waals surface area contributed by atoms with E-state index in [1.54, 1.807) is 30.6 Å². The number of hydrogen-bond donors (Lipinski definition) is 1. The van der Waals surface area contributed by atoms with Crippen molar-refractivity contribution in [3.05, 3.63) is 57.4 Å². The van der Waals surface area contributed by atoms with Gasteiger partial charge in [-0.2, -0.15) is 11.3 Å². The minimum atomic E-state index is -1.24. The van der Waals surface area contributed by atoms with Crippen molar-refractivity contribution in [2.24, 2.45) is 5.41 Å². The van der Waals surface area contributed by atoms with Crippen LogP contribution in [-0.2, 0) is 0 Å². The highest BCUT2D eigenvalue weighted by atomic mass is 35.5. The summed E-state index contributed by atoms with van der Waals surface area (Å²) >= 11 is 8.02. The van der Waals surface area contributed by atoms with Crippen LogP contribution >= 0.6 is 22.9 Å². The van der Waals surface area contributed by atoms with Gasteiger partial charge in [0.1, 0.15) is 11.9 Å². The van der Waals surface area contributed by atoms with Gasteiger partial charge in [-0.05, 0) is 73.8 Å². The number of methoxy groups -OCH3 is 1. The van der Waals surface area contributed by atoms with Crippen molar-refractivity contribution in [3.8, 4) is 17.6 Å². The van der Waals surface area contributed by atoms with Crippen LogP contribution in [0.25, 0.3) is 10.9 Å². The predicted molar refractivity (Wildman–Crippen MR) is 133 cm³/mol. The van der Waals surface area contributed by atoms with Crippen LogP contribution in [0.4, 0.5) is 4.39 Å². The van der Waals surface area contributed by atoms with E-state index in [1.807, 2.05) is 22.9 Å². The molecular formula is C26H28ClFN2O2S. The predicted octanol–water partition coefficient (Wildman–Crippen LogP) is 5.88. The molecule has 1 saturated heterocycles. The first-order valence-electron chi connectivity index (χ1n) is 11.1. The Morgan fingerprint density at radius 1 is 1.33 bits per heavy atom. The van der Waals surface area contributed by atoms with Crippen molar-refractivity contribution in [2.45, 2.75) is 31.9 Å². The van der Waals surface area contributed by atoms with Crippen molar-refractivity contribution in [1.82, 2.24) is 9.88 Å². The zero-order valence-electron chi connectivity index (χ0n) is 18.7. The van der Waals surface area contributed by atoms with Gasteiger partial charge in [0, 0.05) is 34.7 Å². The number of likely N-dealkylation sites (tertiary alicyclic amines) is 1. The van der Waals surface area contributed by atoms with E-state index in [-0.39, 0.29) is 12.0 Å². The zero-order valence-corrected chi connectivity index (χ0v) is 20.3. The zero-order chi connectivity index (χ0) is 23.3.